The van der Waals surface area contributed by atoms with Gasteiger partial charge in [0.25, 0.3) is 0 Å². The summed E-state index contributed by atoms with van der Waals surface area (Å²) >= 11 is 0. The quantitative estimate of drug-likeness (QED) is 0.545. The third kappa shape index (κ3) is 1.74. The molecule has 20 heavy (non-hydrogen) atoms. The Morgan fingerprint density at radius 1 is 1.50 bits per heavy atom. The van der Waals surface area contributed by atoms with E-state index in [1.165, 1.54) is 0 Å². The van der Waals surface area contributed by atoms with Crippen LogP contribution in [0.2, 0.25) is 0 Å². The van der Waals surface area contributed by atoms with Gasteiger partial charge in [-0.25, -0.2) is 4.79 Å². The zero-order valence-corrected chi connectivity index (χ0v) is 12.1. The largest absolute Gasteiger partial charge is 0.444 e. The molecule has 0 saturated carbocycles. The summed E-state index contributed by atoms with van der Waals surface area (Å²) in [6.07, 6.45) is 9.45. The fraction of sp³-hybridized carbons (Fsp3) is 0.500. The number of carbonyl (C=O) groups is 2. The summed E-state index contributed by atoms with van der Waals surface area (Å²) in [7, 11) is 0. The van der Waals surface area contributed by atoms with Crippen LogP contribution in [0.15, 0.2) is 35.5 Å². The van der Waals surface area contributed by atoms with Crippen LogP contribution in [0.1, 0.15) is 27.2 Å². The Morgan fingerprint density at radius 2 is 2.25 bits per heavy atom. The highest BCUT2D eigenvalue weighted by molar-refractivity contribution is 5.86. The number of aldehydes is 1. The van der Waals surface area contributed by atoms with E-state index in [1.807, 2.05) is 32.9 Å². The van der Waals surface area contributed by atoms with E-state index in [9.17, 15) is 9.59 Å². The number of hydrogen-bond acceptors (Lipinski definition) is 3. The van der Waals surface area contributed by atoms with Gasteiger partial charge in [-0.05, 0) is 38.7 Å². The molecule has 0 aromatic carbocycles. The van der Waals surface area contributed by atoms with Crippen LogP contribution in [0.5, 0.6) is 0 Å². The molecule has 2 unspecified atom stereocenters. The van der Waals surface area contributed by atoms with Crippen molar-refractivity contribution in [1.82, 2.24) is 4.90 Å². The zero-order chi connectivity index (χ0) is 14.5. The molecule has 3 aliphatic carbocycles. The van der Waals surface area contributed by atoms with E-state index < -0.39 is 11.1 Å². The first-order chi connectivity index (χ1) is 9.37. The van der Waals surface area contributed by atoms with Crippen LogP contribution in [0.4, 0.5) is 4.79 Å². The van der Waals surface area contributed by atoms with Gasteiger partial charge in [-0.3, -0.25) is 9.69 Å². The van der Waals surface area contributed by atoms with Gasteiger partial charge in [-0.15, -0.1) is 0 Å². The molecule has 1 aliphatic heterocycles. The Balaban J connectivity index is 1.98. The van der Waals surface area contributed by atoms with Crippen molar-refractivity contribution >= 4 is 12.4 Å². The van der Waals surface area contributed by atoms with Crippen molar-refractivity contribution in [2.45, 2.75) is 38.3 Å². The number of rotatable bonds is 1. The first kappa shape index (κ1) is 13.2. The lowest BCUT2D eigenvalue weighted by atomic mass is 9.68. The van der Waals surface area contributed by atoms with E-state index in [2.05, 4.69) is 12.2 Å². The maximum atomic E-state index is 12.5. The van der Waals surface area contributed by atoms with Crippen molar-refractivity contribution in [3.05, 3.63) is 35.5 Å². The van der Waals surface area contributed by atoms with Crippen LogP contribution < -0.4 is 0 Å². The van der Waals surface area contributed by atoms with Crippen molar-refractivity contribution in [3.8, 4) is 0 Å². The fourth-order valence-electron chi connectivity index (χ4n) is 3.27. The zero-order valence-electron chi connectivity index (χ0n) is 12.1. The molecule has 2 atom stereocenters. The minimum absolute atomic E-state index is 0.280. The van der Waals surface area contributed by atoms with Crippen molar-refractivity contribution in [1.29, 1.82) is 0 Å². The van der Waals surface area contributed by atoms with E-state index in [4.69, 9.17) is 4.74 Å². The molecule has 4 rings (SSSR count). The van der Waals surface area contributed by atoms with Gasteiger partial charge in [0.1, 0.15) is 17.4 Å². The van der Waals surface area contributed by atoms with E-state index in [0.29, 0.717) is 12.1 Å². The van der Waals surface area contributed by atoms with Crippen LogP contribution in [0, 0.1) is 5.92 Å². The van der Waals surface area contributed by atoms with Crippen molar-refractivity contribution < 1.29 is 14.3 Å². The molecule has 0 aromatic rings. The second-order valence-electron chi connectivity index (χ2n) is 6.55. The maximum absolute atomic E-state index is 12.5. The second-order valence-corrected chi connectivity index (χ2v) is 6.55. The van der Waals surface area contributed by atoms with Gasteiger partial charge in [-0.1, -0.05) is 24.3 Å². The summed E-state index contributed by atoms with van der Waals surface area (Å²) in [6.45, 7) is 6.03. The van der Waals surface area contributed by atoms with E-state index in [0.717, 1.165) is 18.3 Å². The highest BCUT2D eigenvalue weighted by Crippen LogP contribution is 2.49. The summed E-state index contributed by atoms with van der Waals surface area (Å²) in [5, 5.41) is 0. The van der Waals surface area contributed by atoms with Crippen LogP contribution >= 0.6 is 0 Å². The van der Waals surface area contributed by atoms with E-state index in [1.54, 1.807) is 4.90 Å². The van der Waals surface area contributed by atoms with Crippen LogP contribution in [0.25, 0.3) is 0 Å². The van der Waals surface area contributed by atoms with Crippen molar-refractivity contribution in [3.63, 3.8) is 0 Å². The lowest BCUT2D eigenvalue weighted by Gasteiger charge is -2.45. The van der Waals surface area contributed by atoms with Gasteiger partial charge in [0.2, 0.25) is 0 Å². The molecule has 0 aromatic heterocycles. The van der Waals surface area contributed by atoms with Gasteiger partial charge >= 0.3 is 6.09 Å². The van der Waals surface area contributed by atoms with Crippen LogP contribution in [0.3, 0.4) is 0 Å². The Kier molecular flexibility index (Phi) is 2.68. The predicted octanol–water partition coefficient (Wildman–Crippen LogP) is 2.62. The Bertz CT molecular complexity index is 565. The Hall–Kier alpha value is -1.84. The molecule has 4 nitrogen and oxygen atoms in total. The smallest absolute Gasteiger partial charge is 0.411 e. The van der Waals surface area contributed by atoms with Gasteiger partial charge in [0.15, 0.2) is 0 Å². The average molecular weight is 273 g/mol. The van der Waals surface area contributed by atoms with Crippen LogP contribution in [-0.2, 0) is 9.53 Å². The van der Waals surface area contributed by atoms with Crippen LogP contribution in [-0.4, -0.2) is 35.0 Å². The Labute approximate surface area is 118 Å². The summed E-state index contributed by atoms with van der Waals surface area (Å²) < 4.78 is 5.48. The monoisotopic (exact) mass is 273 g/mol. The fourth-order valence-corrected chi connectivity index (χ4v) is 3.27. The lowest BCUT2D eigenvalue weighted by Crippen LogP contribution is -2.54. The number of amides is 1. The molecule has 2 bridgehead atoms. The average Bonchev–Trinajstić information content (AvgIpc) is 2.75. The summed E-state index contributed by atoms with van der Waals surface area (Å²) in [6, 6.07) is 0. The predicted molar refractivity (Wildman–Crippen MR) is 75.1 cm³/mol. The number of ether oxygens (including phenoxy) is 1. The third-order valence-corrected chi connectivity index (χ3v) is 4.05. The molecular formula is C16H19NO3. The number of hydrogen-bond donors (Lipinski definition) is 0. The molecule has 0 radical (unpaired) electrons. The molecule has 1 spiro atoms. The summed E-state index contributed by atoms with van der Waals surface area (Å²) in [4.78, 5) is 25.5. The highest BCUT2D eigenvalue weighted by atomic mass is 16.6. The first-order valence-corrected chi connectivity index (χ1v) is 6.94. The summed E-state index contributed by atoms with van der Waals surface area (Å²) in [5.74, 6) is 0.280. The molecule has 1 heterocycles. The minimum Gasteiger partial charge on any atom is -0.444 e. The van der Waals surface area contributed by atoms with Gasteiger partial charge < -0.3 is 4.74 Å². The molecule has 4 heteroatoms. The molecule has 1 amide bonds. The number of carbonyl (C=O) groups excluding carboxylic acids is 2. The topological polar surface area (TPSA) is 46.6 Å². The SMILES string of the molecule is CC(C)(C)OC(=O)N1CC=C2CC3C=CC21C(C=O)=C3. The lowest BCUT2D eigenvalue weighted by molar-refractivity contribution is -0.105. The third-order valence-electron chi connectivity index (χ3n) is 4.05. The molecule has 106 valence electrons. The second kappa shape index (κ2) is 4.08. The summed E-state index contributed by atoms with van der Waals surface area (Å²) in [5.41, 5.74) is 0.557. The molecule has 0 saturated heterocycles. The van der Waals surface area contributed by atoms with Crippen molar-refractivity contribution in [2.75, 3.05) is 6.54 Å². The normalized spacial score (nSPS) is 30.8. The Morgan fingerprint density at radius 3 is 2.90 bits per heavy atom. The number of allylic oxidation sites excluding steroid dienone is 2. The van der Waals surface area contributed by atoms with Crippen molar-refractivity contribution in [2.24, 2.45) is 5.92 Å². The molecule has 0 fully saturated rings. The minimum atomic E-state index is -0.696. The van der Waals surface area contributed by atoms with Gasteiger partial charge in [-0.2, -0.15) is 0 Å². The first-order valence-electron chi connectivity index (χ1n) is 6.94. The standard InChI is InChI=1S/C16H19NO3/c1-15(2,3)20-14(19)17-7-5-12-8-11-4-6-16(12,17)13(9-11)10-18/h4-6,9-11H,7-8H2,1-3H3. The molecular weight excluding hydrogens is 254 g/mol. The van der Waals surface area contributed by atoms with E-state index in [-0.39, 0.29) is 12.0 Å². The number of nitrogens with zero attached hydrogens (tertiary/aromatic N) is 1. The molecule has 4 aliphatic rings. The molecule has 0 N–H and O–H groups in total. The maximum Gasteiger partial charge on any atom is 0.411 e. The van der Waals surface area contributed by atoms with E-state index >= 15 is 0 Å². The van der Waals surface area contributed by atoms with Gasteiger partial charge in [0.05, 0.1) is 0 Å². The highest BCUT2D eigenvalue weighted by Gasteiger charge is 2.52. The van der Waals surface area contributed by atoms with Gasteiger partial charge in [0, 0.05) is 12.1 Å².